The van der Waals surface area contributed by atoms with Gasteiger partial charge in [-0.25, -0.2) is 0 Å². The smallest absolute Gasteiger partial charge is 0.308 e. The Morgan fingerprint density at radius 1 is 1.19 bits per heavy atom. The molecule has 9 heteroatoms. The number of ether oxygens (including phenoxy) is 3. The first-order valence-corrected chi connectivity index (χ1v) is 13.7. The van der Waals surface area contributed by atoms with Crippen molar-refractivity contribution in [2.75, 3.05) is 46.7 Å². The van der Waals surface area contributed by atoms with Crippen LogP contribution >= 0.6 is 0 Å². The van der Waals surface area contributed by atoms with E-state index in [-0.39, 0.29) is 37.8 Å². The van der Waals surface area contributed by atoms with E-state index in [0.717, 1.165) is 31.2 Å². The Hall–Kier alpha value is -2.52. The van der Waals surface area contributed by atoms with Crippen molar-refractivity contribution in [3.63, 3.8) is 0 Å². The fourth-order valence-corrected chi connectivity index (χ4v) is 5.76. The van der Waals surface area contributed by atoms with Crippen LogP contribution in [-0.2, 0) is 9.59 Å². The third-order valence-corrected chi connectivity index (χ3v) is 7.63. The second kappa shape index (κ2) is 13.9. The lowest BCUT2D eigenvalue weighted by Crippen LogP contribution is -2.45. The van der Waals surface area contributed by atoms with Crippen molar-refractivity contribution in [3.8, 4) is 17.2 Å². The van der Waals surface area contributed by atoms with Crippen LogP contribution in [0.1, 0.15) is 70.8 Å². The lowest BCUT2D eigenvalue weighted by molar-refractivity contribution is -0.144. The Labute approximate surface area is 220 Å². The number of carboxylic acid groups (broad SMARTS) is 1. The molecule has 1 aromatic rings. The summed E-state index contributed by atoms with van der Waals surface area (Å²) < 4.78 is 16.7. The Balaban J connectivity index is 1.92. The van der Waals surface area contributed by atoms with Crippen LogP contribution in [0.25, 0.3) is 0 Å². The number of amides is 1. The fourth-order valence-electron chi connectivity index (χ4n) is 5.76. The molecule has 2 aliphatic rings. The van der Waals surface area contributed by atoms with Crippen LogP contribution in [0.4, 0.5) is 0 Å². The number of carboxylic acids is 1. The minimum absolute atomic E-state index is 0.0110. The molecule has 1 saturated heterocycles. The highest BCUT2D eigenvalue weighted by molar-refractivity contribution is 5.79. The number of hydrogen-bond donors (Lipinski definition) is 2. The molecule has 0 radical (unpaired) electrons. The zero-order valence-corrected chi connectivity index (χ0v) is 22.8. The molecule has 208 valence electrons. The highest BCUT2D eigenvalue weighted by Gasteiger charge is 2.48. The average Bonchev–Trinajstić information content (AvgIpc) is 3.48. The van der Waals surface area contributed by atoms with E-state index in [2.05, 4.69) is 25.7 Å². The number of benzene rings is 1. The molecule has 3 rings (SSSR count). The summed E-state index contributed by atoms with van der Waals surface area (Å²) in [6.07, 6.45) is 5.14. The van der Waals surface area contributed by atoms with Gasteiger partial charge in [0.2, 0.25) is 18.4 Å². The Bertz CT molecular complexity index is 901. The summed E-state index contributed by atoms with van der Waals surface area (Å²) >= 11 is 0. The van der Waals surface area contributed by atoms with Crippen molar-refractivity contribution in [2.45, 2.75) is 71.3 Å². The molecular weight excluding hydrogens is 476 g/mol. The van der Waals surface area contributed by atoms with Gasteiger partial charge in [0.05, 0.1) is 19.6 Å². The van der Waals surface area contributed by atoms with Gasteiger partial charge in [-0.2, -0.15) is 0 Å². The number of fused-ring (bicyclic) bond motifs is 1. The van der Waals surface area contributed by atoms with Crippen LogP contribution in [0.15, 0.2) is 12.1 Å². The summed E-state index contributed by atoms with van der Waals surface area (Å²) in [5, 5.41) is 19.8. The molecule has 1 fully saturated rings. The van der Waals surface area contributed by atoms with E-state index < -0.39 is 11.9 Å². The lowest BCUT2D eigenvalue weighted by atomic mass is 9.81. The number of methoxy groups -OCH3 is 1. The third kappa shape index (κ3) is 7.08. The van der Waals surface area contributed by atoms with Gasteiger partial charge in [-0.05, 0) is 42.9 Å². The highest BCUT2D eigenvalue weighted by atomic mass is 16.7. The van der Waals surface area contributed by atoms with E-state index in [1.807, 2.05) is 17.0 Å². The van der Waals surface area contributed by atoms with E-state index in [4.69, 9.17) is 14.2 Å². The molecule has 2 heterocycles. The molecule has 9 nitrogen and oxygen atoms in total. The van der Waals surface area contributed by atoms with E-state index in [1.54, 1.807) is 7.11 Å². The maximum atomic E-state index is 13.4. The predicted molar refractivity (Wildman–Crippen MR) is 140 cm³/mol. The normalized spacial score (nSPS) is 21.7. The summed E-state index contributed by atoms with van der Waals surface area (Å²) in [7, 11) is 1.56. The molecule has 0 aliphatic carbocycles. The molecule has 2 aliphatic heterocycles. The van der Waals surface area contributed by atoms with E-state index >= 15 is 0 Å². The predicted octanol–water partition coefficient (Wildman–Crippen LogP) is 3.73. The topological polar surface area (TPSA) is 109 Å². The van der Waals surface area contributed by atoms with Crippen molar-refractivity contribution < 1.29 is 34.0 Å². The molecule has 0 saturated carbocycles. The molecule has 0 bridgehead atoms. The summed E-state index contributed by atoms with van der Waals surface area (Å²) in [6, 6.07) is 3.44. The number of hydrogen-bond acceptors (Lipinski definition) is 7. The van der Waals surface area contributed by atoms with Crippen molar-refractivity contribution in [1.29, 1.82) is 0 Å². The van der Waals surface area contributed by atoms with Crippen LogP contribution in [-0.4, -0.2) is 84.6 Å². The third-order valence-electron chi connectivity index (χ3n) is 7.63. The summed E-state index contributed by atoms with van der Waals surface area (Å²) in [5.41, 5.74) is 0.819. The first-order chi connectivity index (χ1) is 17.8. The number of unbranched alkanes of at least 4 members (excludes halogenated alkanes) is 1. The molecule has 37 heavy (non-hydrogen) atoms. The Morgan fingerprint density at radius 2 is 1.95 bits per heavy atom. The van der Waals surface area contributed by atoms with Gasteiger partial charge in [-0.15, -0.1) is 0 Å². The van der Waals surface area contributed by atoms with Gasteiger partial charge in [0.1, 0.15) is 0 Å². The van der Waals surface area contributed by atoms with E-state index in [0.29, 0.717) is 55.6 Å². The van der Waals surface area contributed by atoms with Gasteiger partial charge < -0.3 is 29.3 Å². The minimum atomic E-state index is -0.853. The van der Waals surface area contributed by atoms with E-state index in [1.165, 1.54) is 0 Å². The van der Waals surface area contributed by atoms with Crippen LogP contribution in [0, 0.1) is 11.8 Å². The molecule has 1 amide bonds. The lowest BCUT2D eigenvalue weighted by Gasteiger charge is -2.31. The van der Waals surface area contributed by atoms with Crippen LogP contribution < -0.4 is 14.2 Å². The summed E-state index contributed by atoms with van der Waals surface area (Å²) in [4.78, 5) is 30.1. The number of likely N-dealkylation sites (tertiary alicyclic amines) is 1. The zero-order valence-electron chi connectivity index (χ0n) is 22.8. The number of carbonyl (C=O) groups is 2. The van der Waals surface area contributed by atoms with Gasteiger partial charge >= 0.3 is 5.97 Å². The fraction of sp³-hybridized carbons (Fsp3) is 0.714. The second-order valence-electron chi connectivity index (χ2n) is 10.4. The van der Waals surface area contributed by atoms with Gasteiger partial charge in [-0.1, -0.05) is 40.0 Å². The molecule has 2 N–H and O–H groups in total. The molecule has 4 atom stereocenters. The monoisotopic (exact) mass is 520 g/mol. The number of aliphatic hydroxyl groups excluding tert-OH is 1. The van der Waals surface area contributed by atoms with Crippen LogP contribution in [0.5, 0.6) is 17.2 Å². The van der Waals surface area contributed by atoms with Gasteiger partial charge in [0.15, 0.2) is 11.5 Å². The molecule has 0 aromatic heterocycles. The maximum absolute atomic E-state index is 13.4. The van der Waals surface area contributed by atoms with Gasteiger partial charge in [0.25, 0.3) is 0 Å². The number of aliphatic hydroxyl groups is 1. The second-order valence-corrected chi connectivity index (χ2v) is 10.4. The Kier molecular flexibility index (Phi) is 10.9. The molecule has 1 aromatic carbocycles. The van der Waals surface area contributed by atoms with Crippen molar-refractivity contribution in [2.24, 2.45) is 11.8 Å². The zero-order chi connectivity index (χ0) is 26.9. The van der Waals surface area contributed by atoms with Gasteiger partial charge in [-0.3, -0.25) is 14.5 Å². The number of carbonyl (C=O) groups excluding carboxylic acids is 1. The van der Waals surface area contributed by atoms with Crippen molar-refractivity contribution in [1.82, 2.24) is 9.80 Å². The maximum Gasteiger partial charge on any atom is 0.308 e. The molecular formula is C28H44N2O7. The number of nitrogens with zero attached hydrogens (tertiary/aromatic N) is 2. The average molecular weight is 521 g/mol. The molecule has 0 spiro atoms. The minimum Gasteiger partial charge on any atom is -0.493 e. The SMILES string of the molecule is CCCCN(CCCO)C(=O)CN1C[C@H](c2cc(OC)c3c(c2)OCO3)C(C(=O)O)[C@@H]1CC(C)CCC. The van der Waals surface area contributed by atoms with Crippen molar-refractivity contribution >= 4 is 11.9 Å². The van der Waals surface area contributed by atoms with Crippen LogP contribution in [0.3, 0.4) is 0 Å². The summed E-state index contributed by atoms with van der Waals surface area (Å²) in [5.74, 6) is 0.0917. The van der Waals surface area contributed by atoms with Gasteiger partial charge in [0, 0.05) is 38.2 Å². The van der Waals surface area contributed by atoms with E-state index in [9.17, 15) is 19.8 Å². The Morgan fingerprint density at radius 3 is 2.59 bits per heavy atom. The first-order valence-electron chi connectivity index (χ1n) is 13.7. The summed E-state index contributed by atoms with van der Waals surface area (Å²) in [6.45, 7) is 8.28. The largest absolute Gasteiger partial charge is 0.493 e. The standard InChI is InChI=1S/C28H44N2O7/c1-5-7-10-29(11-8-12-31)25(32)17-30-16-21(26(28(33)34)22(30)13-19(3)9-6-2)20-14-23(35-4)27-24(15-20)36-18-37-27/h14-15,19,21-22,26,31H,5-13,16-18H2,1-4H3,(H,33,34)/t19?,21-,22+,26?/m1/s1. The van der Waals surface area contributed by atoms with Crippen LogP contribution in [0.2, 0.25) is 0 Å². The highest BCUT2D eigenvalue weighted by Crippen LogP contribution is 2.47. The molecule has 2 unspecified atom stereocenters. The first kappa shape index (κ1) is 29.0. The number of aliphatic carboxylic acids is 1. The quantitative estimate of drug-likeness (QED) is 0.360. The number of rotatable bonds is 15. The van der Waals surface area contributed by atoms with Crippen molar-refractivity contribution in [3.05, 3.63) is 17.7 Å².